The fourth-order valence-corrected chi connectivity index (χ4v) is 3.87. The van der Waals surface area contributed by atoms with Gasteiger partial charge in [-0.3, -0.25) is 4.79 Å². The fourth-order valence-electron chi connectivity index (χ4n) is 3.51. The number of carbonyl (C=O) groups is 2. The third kappa shape index (κ3) is 4.64. The van der Waals surface area contributed by atoms with Crippen LogP contribution in [0.1, 0.15) is 32.8 Å². The van der Waals surface area contributed by atoms with Gasteiger partial charge in [-0.1, -0.05) is 15.9 Å². The van der Waals surface area contributed by atoms with Crippen molar-refractivity contribution in [1.82, 2.24) is 4.90 Å². The number of nitrogens with zero attached hydrogens (tertiary/aromatic N) is 1. The molecule has 146 valence electrons. The van der Waals surface area contributed by atoms with Crippen molar-refractivity contribution in [1.29, 1.82) is 0 Å². The molecule has 1 aromatic heterocycles. The quantitative estimate of drug-likeness (QED) is 0.749. The highest BCUT2D eigenvalue weighted by Gasteiger charge is 2.37. The van der Waals surface area contributed by atoms with Crippen molar-refractivity contribution in [2.24, 2.45) is 11.8 Å². The van der Waals surface area contributed by atoms with E-state index in [-0.39, 0.29) is 12.0 Å². The van der Waals surface area contributed by atoms with E-state index < -0.39 is 17.5 Å². The number of hydrogen-bond donors (Lipinski definition) is 1. The van der Waals surface area contributed by atoms with E-state index in [1.54, 1.807) is 11.2 Å². The van der Waals surface area contributed by atoms with Crippen molar-refractivity contribution in [3.8, 4) is 0 Å². The van der Waals surface area contributed by atoms with Crippen LogP contribution in [0.4, 0.5) is 4.79 Å². The smallest absolute Gasteiger partial charge is 0.410 e. The maximum Gasteiger partial charge on any atom is 0.410 e. The van der Waals surface area contributed by atoms with Crippen LogP contribution in [0.2, 0.25) is 0 Å². The SMILES string of the molecule is CC(C)(C)OC(=O)N1CC[C@H]([C@H](Cc2coc3ccc(Br)cc23)C(=O)O)C1. The van der Waals surface area contributed by atoms with Crippen molar-refractivity contribution >= 4 is 39.0 Å². The number of likely N-dealkylation sites (tertiary alicyclic amines) is 1. The van der Waals surface area contributed by atoms with Crippen LogP contribution >= 0.6 is 15.9 Å². The second-order valence-corrected chi connectivity index (χ2v) is 8.94. The third-order valence-electron chi connectivity index (χ3n) is 4.82. The first-order valence-corrected chi connectivity index (χ1v) is 9.79. The van der Waals surface area contributed by atoms with E-state index in [0.717, 1.165) is 21.0 Å². The number of carboxylic acid groups (broad SMARTS) is 1. The van der Waals surface area contributed by atoms with E-state index in [0.29, 0.717) is 25.9 Å². The molecule has 6 nitrogen and oxygen atoms in total. The van der Waals surface area contributed by atoms with Crippen molar-refractivity contribution in [2.75, 3.05) is 13.1 Å². The Bertz CT molecular complexity index is 854. The summed E-state index contributed by atoms with van der Waals surface area (Å²) in [4.78, 5) is 25.8. The van der Waals surface area contributed by atoms with Gasteiger partial charge in [0.15, 0.2) is 0 Å². The van der Waals surface area contributed by atoms with Gasteiger partial charge in [-0.2, -0.15) is 0 Å². The fraction of sp³-hybridized carbons (Fsp3) is 0.500. The first kappa shape index (κ1) is 19.7. The molecule has 0 radical (unpaired) electrons. The van der Waals surface area contributed by atoms with E-state index in [1.807, 2.05) is 39.0 Å². The monoisotopic (exact) mass is 437 g/mol. The number of carboxylic acids is 1. The summed E-state index contributed by atoms with van der Waals surface area (Å²) in [5.41, 5.74) is 1.04. The zero-order valence-corrected chi connectivity index (χ0v) is 17.3. The third-order valence-corrected chi connectivity index (χ3v) is 5.31. The molecule has 1 aliphatic rings. The van der Waals surface area contributed by atoms with Crippen molar-refractivity contribution in [3.63, 3.8) is 0 Å². The molecule has 1 aliphatic heterocycles. The van der Waals surface area contributed by atoms with Gasteiger partial charge in [0.25, 0.3) is 0 Å². The van der Waals surface area contributed by atoms with Crippen LogP contribution < -0.4 is 0 Å². The molecular weight excluding hydrogens is 414 g/mol. The number of hydrogen-bond acceptors (Lipinski definition) is 4. The van der Waals surface area contributed by atoms with Crippen LogP contribution in [0.15, 0.2) is 33.4 Å². The first-order chi connectivity index (χ1) is 12.6. The Labute approximate surface area is 166 Å². The normalized spacial score (nSPS) is 18.7. The number of halogens is 1. The Balaban J connectivity index is 1.74. The van der Waals surface area contributed by atoms with Gasteiger partial charge in [-0.05, 0) is 63.3 Å². The van der Waals surface area contributed by atoms with Crippen molar-refractivity contribution < 1.29 is 23.8 Å². The van der Waals surface area contributed by atoms with E-state index in [4.69, 9.17) is 9.15 Å². The first-order valence-electron chi connectivity index (χ1n) is 9.00. The lowest BCUT2D eigenvalue weighted by molar-refractivity contribution is -0.143. The van der Waals surface area contributed by atoms with Crippen LogP contribution in [0.3, 0.4) is 0 Å². The Hall–Kier alpha value is -2.02. The molecule has 0 bridgehead atoms. The highest BCUT2D eigenvalue weighted by molar-refractivity contribution is 9.10. The molecule has 1 amide bonds. The van der Waals surface area contributed by atoms with Crippen LogP contribution in [-0.4, -0.2) is 40.8 Å². The predicted molar refractivity (Wildman–Crippen MR) is 105 cm³/mol. The maximum atomic E-state index is 12.3. The zero-order chi connectivity index (χ0) is 19.8. The van der Waals surface area contributed by atoms with Gasteiger partial charge in [-0.25, -0.2) is 4.79 Å². The van der Waals surface area contributed by atoms with E-state index >= 15 is 0 Å². The molecule has 0 saturated carbocycles. The summed E-state index contributed by atoms with van der Waals surface area (Å²) < 4.78 is 11.9. The van der Waals surface area contributed by atoms with Crippen molar-refractivity contribution in [3.05, 3.63) is 34.5 Å². The van der Waals surface area contributed by atoms with Crippen LogP contribution in [0.5, 0.6) is 0 Å². The topological polar surface area (TPSA) is 80.0 Å². The Morgan fingerprint density at radius 2 is 2.15 bits per heavy atom. The number of rotatable bonds is 4. The molecule has 2 atom stereocenters. The van der Waals surface area contributed by atoms with Gasteiger partial charge in [-0.15, -0.1) is 0 Å². The zero-order valence-electron chi connectivity index (χ0n) is 15.7. The Morgan fingerprint density at radius 3 is 2.81 bits per heavy atom. The lowest BCUT2D eigenvalue weighted by atomic mass is 9.86. The molecule has 2 heterocycles. The lowest BCUT2D eigenvalue weighted by Gasteiger charge is -2.25. The highest BCUT2D eigenvalue weighted by atomic mass is 79.9. The van der Waals surface area contributed by atoms with E-state index in [1.165, 1.54) is 0 Å². The van der Waals surface area contributed by atoms with Crippen LogP contribution in [-0.2, 0) is 16.0 Å². The Kier molecular flexibility index (Phi) is 5.51. The number of amides is 1. The average Bonchev–Trinajstić information content (AvgIpc) is 3.17. The lowest BCUT2D eigenvalue weighted by Crippen LogP contribution is -2.36. The summed E-state index contributed by atoms with van der Waals surface area (Å²) in [5, 5.41) is 10.7. The summed E-state index contributed by atoms with van der Waals surface area (Å²) in [6.07, 6.45) is 2.27. The molecular formula is C20H24BrNO5. The van der Waals surface area contributed by atoms with Gasteiger partial charge in [0.2, 0.25) is 0 Å². The van der Waals surface area contributed by atoms with Crippen LogP contribution in [0.25, 0.3) is 11.0 Å². The number of aliphatic carboxylic acids is 1. The molecule has 1 aromatic carbocycles. The minimum atomic E-state index is -0.851. The molecule has 3 rings (SSSR count). The summed E-state index contributed by atoms with van der Waals surface area (Å²) in [5.74, 6) is -1.56. The molecule has 0 spiro atoms. The average molecular weight is 438 g/mol. The molecule has 0 unspecified atom stereocenters. The number of furan rings is 1. The highest BCUT2D eigenvalue weighted by Crippen LogP contribution is 2.32. The molecule has 0 aliphatic carbocycles. The number of fused-ring (bicyclic) bond motifs is 1. The largest absolute Gasteiger partial charge is 0.481 e. The van der Waals surface area contributed by atoms with E-state index in [9.17, 15) is 14.7 Å². The summed E-state index contributed by atoms with van der Waals surface area (Å²) in [6.45, 7) is 6.37. The van der Waals surface area contributed by atoms with Gasteiger partial charge in [0.05, 0.1) is 12.2 Å². The van der Waals surface area contributed by atoms with Gasteiger partial charge < -0.3 is 19.2 Å². The second-order valence-electron chi connectivity index (χ2n) is 8.03. The second kappa shape index (κ2) is 7.54. The molecule has 1 saturated heterocycles. The minimum Gasteiger partial charge on any atom is -0.481 e. The summed E-state index contributed by atoms with van der Waals surface area (Å²) >= 11 is 3.44. The maximum absolute atomic E-state index is 12.3. The van der Waals surface area contributed by atoms with E-state index in [2.05, 4.69) is 15.9 Å². The van der Waals surface area contributed by atoms with Crippen molar-refractivity contribution in [2.45, 2.75) is 39.2 Å². The molecule has 2 aromatic rings. The Morgan fingerprint density at radius 1 is 1.41 bits per heavy atom. The van der Waals surface area contributed by atoms with Gasteiger partial charge in [0, 0.05) is 22.9 Å². The summed E-state index contributed by atoms with van der Waals surface area (Å²) in [7, 11) is 0. The predicted octanol–water partition coefficient (Wildman–Crippen LogP) is 4.70. The minimum absolute atomic E-state index is 0.118. The number of ether oxygens (including phenoxy) is 1. The summed E-state index contributed by atoms with van der Waals surface area (Å²) in [6, 6.07) is 5.69. The van der Waals surface area contributed by atoms with Crippen LogP contribution in [0, 0.1) is 11.8 Å². The molecule has 1 N–H and O–H groups in total. The molecule has 7 heteroatoms. The number of carbonyl (C=O) groups excluding carboxylic acids is 1. The molecule has 1 fully saturated rings. The number of benzene rings is 1. The van der Waals surface area contributed by atoms with Gasteiger partial charge in [0.1, 0.15) is 11.2 Å². The molecule has 27 heavy (non-hydrogen) atoms. The standard InChI is InChI=1S/C20H24BrNO5/c1-20(2,3)27-19(25)22-7-6-12(10-22)16(18(23)24)8-13-11-26-17-5-4-14(21)9-15(13)17/h4-5,9,11-12,16H,6-8,10H2,1-3H3,(H,23,24)/t12-,16-/m0/s1. The van der Waals surface area contributed by atoms with Gasteiger partial charge >= 0.3 is 12.1 Å².